The van der Waals surface area contributed by atoms with E-state index in [4.69, 9.17) is 28.9 Å². The van der Waals surface area contributed by atoms with Gasteiger partial charge in [0.25, 0.3) is 0 Å². The smallest absolute Gasteiger partial charge is 0.0504 e. The molecule has 82 valence electrons. The van der Waals surface area contributed by atoms with Crippen LogP contribution in [0.3, 0.4) is 0 Å². The highest BCUT2D eigenvalue weighted by molar-refractivity contribution is 6.34. The molecule has 16 heavy (non-hydrogen) atoms. The molecule has 0 saturated heterocycles. The normalized spacial score (nSPS) is 10.4. The fourth-order valence-corrected chi connectivity index (χ4v) is 1.99. The van der Waals surface area contributed by atoms with Gasteiger partial charge >= 0.3 is 0 Å². The zero-order valence-electron chi connectivity index (χ0n) is 8.80. The molecule has 2 rings (SSSR count). The van der Waals surface area contributed by atoms with Crippen molar-refractivity contribution in [3.05, 3.63) is 52.0 Å². The largest absolute Gasteiger partial charge is 0.399 e. The van der Waals surface area contributed by atoms with Gasteiger partial charge in [-0.05, 0) is 42.3 Å². The maximum absolute atomic E-state index is 6.14. The van der Waals surface area contributed by atoms with Crippen molar-refractivity contribution in [2.24, 2.45) is 0 Å². The second-order valence-electron chi connectivity index (χ2n) is 3.70. The highest BCUT2D eigenvalue weighted by Gasteiger charge is 2.05. The van der Waals surface area contributed by atoms with E-state index in [9.17, 15) is 0 Å². The Kier molecular flexibility index (Phi) is 3.08. The lowest BCUT2D eigenvalue weighted by molar-refractivity contribution is 1.46. The number of hydrogen-bond acceptors (Lipinski definition) is 1. The summed E-state index contributed by atoms with van der Waals surface area (Å²) in [4.78, 5) is 0. The average Bonchev–Trinajstić information content (AvgIpc) is 2.22. The maximum Gasteiger partial charge on any atom is 0.0504 e. The summed E-state index contributed by atoms with van der Waals surface area (Å²) in [5, 5.41) is 1.41. The van der Waals surface area contributed by atoms with Crippen LogP contribution in [0.25, 0.3) is 11.1 Å². The van der Waals surface area contributed by atoms with Gasteiger partial charge in [-0.15, -0.1) is 0 Å². The quantitative estimate of drug-likeness (QED) is 0.740. The summed E-state index contributed by atoms with van der Waals surface area (Å²) < 4.78 is 0. The highest BCUT2D eigenvalue weighted by Crippen LogP contribution is 2.31. The van der Waals surface area contributed by atoms with Crippen LogP contribution in [0.1, 0.15) is 5.56 Å². The summed E-state index contributed by atoms with van der Waals surface area (Å²) >= 11 is 12.1. The van der Waals surface area contributed by atoms with Gasteiger partial charge in [-0.3, -0.25) is 0 Å². The molecule has 0 amide bonds. The molecule has 0 aliphatic carbocycles. The van der Waals surface area contributed by atoms with Gasteiger partial charge < -0.3 is 5.73 Å². The summed E-state index contributed by atoms with van der Waals surface area (Å²) in [6.45, 7) is 1.97. The molecule has 0 aliphatic rings. The number of nitrogens with two attached hydrogens (primary N) is 1. The summed E-state index contributed by atoms with van der Waals surface area (Å²) in [6.07, 6.45) is 0. The van der Waals surface area contributed by atoms with Crippen LogP contribution in [0.5, 0.6) is 0 Å². The van der Waals surface area contributed by atoms with E-state index in [2.05, 4.69) is 0 Å². The first-order valence-electron chi connectivity index (χ1n) is 4.89. The first-order valence-corrected chi connectivity index (χ1v) is 5.65. The minimum absolute atomic E-state index is 0.654. The van der Waals surface area contributed by atoms with Crippen LogP contribution in [0.15, 0.2) is 36.4 Å². The molecule has 0 spiro atoms. The lowest BCUT2D eigenvalue weighted by Crippen LogP contribution is -1.86. The van der Waals surface area contributed by atoms with Crippen LogP contribution >= 0.6 is 23.2 Å². The number of aryl methyl sites for hydroxylation is 1. The molecular formula is C13H11Cl2N. The number of anilines is 1. The van der Waals surface area contributed by atoms with E-state index in [1.54, 1.807) is 6.07 Å². The van der Waals surface area contributed by atoms with Gasteiger partial charge in [0.2, 0.25) is 0 Å². The van der Waals surface area contributed by atoms with E-state index < -0.39 is 0 Å². The van der Waals surface area contributed by atoms with Crippen molar-refractivity contribution in [1.29, 1.82) is 0 Å². The predicted molar refractivity (Wildman–Crippen MR) is 71.0 cm³/mol. The minimum Gasteiger partial charge on any atom is -0.399 e. The van der Waals surface area contributed by atoms with E-state index in [-0.39, 0.29) is 0 Å². The number of benzene rings is 2. The third-order valence-electron chi connectivity index (χ3n) is 2.46. The monoisotopic (exact) mass is 251 g/mol. The number of halogens is 2. The molecule has 2 aromatic rings. The number of hydrogen-bond donors (Lipinski definition) is 1. The Labute approximate surface area is 105 Å². The lowest BCUT2D eigenvalue weighted by Gasteiger charge is -2.07. The van der Waals surface area contributed by atoms with Gasteiger partial charge in [-0.25, -0.2) is 0 Å². The number of rotatable bonds is 1. The van der Waals surface area contributed by atoms with E-state index >= 15 is 0 Å². The van der Waals surface area contributed by atoms with Gasteiger partial charge in [0.1, 0.15) is 0 Å². The molecule has 0 aromatic heterocycles. The van der Waals surface area contributed by atoms with Crippen molar-refractivity contribution in [2.45, 2.75) is 6.92 Å². The molecule has 0 bridgehead atoms. The zero-order chi connectivity index (χ0) is 11.7. The Morgan fingerprint density at radius 3 is 2.31 bits per heavy atom. The molecule has 2 N–H and O–H groups in total. The van der Waals surface area contributed by atoms with Crippen molar-refractivity contribution in [3.63, 3.8) is 0 Å². The molecule has 0 radical (unpaired) electrons. The summed E-state index contributed by atoms with van der Waals surface area (Å²) in [6, 6.07) is 11.3. The third kappa shape index (κ3) is 2.16. The van der Waals surface area contributed by atoms with Crippen molar-refractivity contribution in [1.82, 2.24) is 0 Å². The second kappa shape index (κ2) is 4.36. The fraction of sp³-hybridized carbons (Fsp3) is 0.0769. The Morgan fingerprint density at radius 2 is 1.69 bits per heavy atom. The molecule has 1 nitrogen and oxygen atoms in total. The SMILES string of the molecule is Cc1cc(-c2ccc(N)cc2Cl)ccc1Cl. The zero-order valence-corrected chi connectivity index (χ0v) is 10.3. The maximum atomic E-state index is 6.14. The van der Waals surface area contributed by atoms with Gasteiger partial charge in [0, 0.05) is 16.3 Å². The van der Waals surface area contributed by atoms with Gasteiger partial charge in [0.15, 0.2) is 0 Å². The van der Waals surface area contributed by atoms with Crippen LogP contribution in [0.4, 0.5) is 5.69 Å². The van der Waals surface area contributed by atoms with Crippen molar-refractivity contribution >= 4 is 28.9 Å². The Balaban J connectivity index is 2.54. The topological polar surface area (TPSA) is 26.0 Å². The van der Waals surface area contributed by atoms with Crippen LogP contribution in [-0.2, 0) is 0 Å². The van der Waals surface area contributed by atoms with Crippen LogP contribution in [0, 0.1) is 6.92 Å². The molecule has 3 heteroatoms. The summed E-state index contributed by atoms with van der Waals surface area (Å²) in [5.74, 6) is 0. The fourth-order valence-electron chi connectivity index (χ4n) is 1.58. The Bertz CT molecular complexity index is 535. The summed E-state index contributed by atoms with van der Waals surface area (Å²) in [7, 11) is 0. The molecule has 0 aliphatic heterocycles. The van der Waals surface area contributed by atoms with Crippen LogP contribution in [0.2, 0.25) is 10.0 Å². The molecule has 0 atom stereocenters. The predicted octanol–water partition coefficient (Wildman–Crippen LogP) is 4.55. The van der Waals surface area contributed by atoms with E-state index in [1.807, 2.05) is 37.3 Å². The highest BCUT2D eigenvalue weighted by atomic mass is 35.5. The van der Waals surface area contributed by atoms with Crippen molar-refractivity contribution in [3.8, 4) is 11.1 Å². The van der Waals surface area contributed by atoms with Crippen LogP contribution < -0.4 is 5.73 Å². The lowest BCUT2D eigenvalue weighted by atomic mass is 10.0. The molecule has 0 fully saturated rings. The van der Waals surface area contributed by atoms with Gasteiger partial charge in [-0.1, -0.05) is 35.3 Å². The third-order valence-corrected chi connectivity index (χ3v) is 3.20. The van der Waals surface area contributed by atoms with Crippen molar-refractivity contribution < 1.29 is 0 Å². The Hall–Kier alpha value is -1.18. The van der Waals surface area contributed by atoms with E-state index in [1.165, 1.54) is 0 Å². The first-order chi connectivity index (χ1) is 7.58. The molecule has 0 saturated carbocycles. The van der Waals surface area contributed by atoms with Crippen LogP contribution in [-0.4, -0.2) is 0 Å². The molecular weight excluding hydrogens is 241 g/mol. The van der Waals surface area contributed by atoms with Gasteiger partial charge in [0.05, 0.1) is 5.02 Å². The first kappa shape index (κ1) is 11.3. The Morgan fingerprint density at radius 1 is 0.938 bits per heavy atom. The molecule has 0 unspecified atom stereocenters. The van der Waals surface area contributed by atoms with Gasteiger partial charge in [-0.2, -0.15) is 0 Å². The van der Waals surface area contributed by atoms with E-state index in [0.717, 1.165) is 21.7 Å². The molecule has 0 heterocycles. The molecule has 2 aromatic carbocycles. The second-order valence-corrected chi connectivity index (χ2v) is 4.52. The summed E-state index contributed by atoms with van der Waals surface area (Å²) in [5.41, 5.74) is 9.37. The van der Waals surface area contributed by atoms with Crippen molar-refractivity contribution in [2.75, 3.05) is 5.73 Å². The minimum atomic E-state index is 0.654. The standard InChI is InChI=1S/C13H11Cl2N/c1-8-6-9(2-5-12(8)14)11-4-3-10(16)7-13(11)15/h2-7H,16H2,1H3. The average molecular weight is 252 g/mol. The van der Waals surface area contributed by atoms with E-state index in [0.29, 0.717) is 10.7 Å². The number of nitrogen functional groups attached to an aromatic ring is 1.